The van der Waals surface area contributed by atoms with E-state index in [-0.39, 0.29) is 5.60 Å². The highest BCUT2D eigenvalue weighted by Gasteiger charge is 2.21. The zero-order valence-electron chi connectivity index (χ0n) is 9.29. The van der Waals surface area contributed by atoms with E-state index in [1.807, 2.05) is 37.3 Å². The Hall–Kier alpha value is 0. The minimum atomic E-state index is -0.248. The molecule has 0 aliphatic rings. The fourth-order valence-corrected chi connectivity index (χ4v) is 2.06. The maximum atomic E-state index is 5.83. The topological polar surface area (TPSA) is 18.5 Å². The van der Waals surface area contributed by atoms with Crippen LogP contribution in [0.5, 0.6) is 5.75 Å². The van der Waals surface area contributed by atoms with Crippen molar-refractivity contribution in [2.45, 2.75) is 12.5 Å². The van der Waals surface area contributed by atoms with Crippen molar-refractivity contribution in [2.24, 2.45) is 0 Å². The molecule has 0 heterocycles. The number of hydrogen-bond acceptors (Lipinski definition) is 2. The number of ether oxygens (including phenoxy) is 2. The Morgan fingerprint density at radius 1 is 1.25 bits per heavy atom. The van der Waals surface area contributed by atoms with Crippen molar-refractivity contribution in [3.63, 3.8) is 0 Å². The van der Waals surface area contributed by atoms with Gasteiger partial charge in [-0.05, 0) is 19.1 Å². The minimum absolute atomic E-state index is 0.248. The summed E-state index contributed by atoms with van der Waals surface area (Å²) < 4.78 is 12.1. The molecule has 1 unspecified atom stereocenters. The monoisotopic (exact) mass is 354 g/mol. The first-order valence-corrected chi connectivity index (χ1v) is 7.20. The van der Waals surface area contributed by atoms with Gasteiger partial charge in [0.1, 0.15) is 12.4 Å². The van der Waals surface area contributed by atoms with Crippen LogP contribution in [0.25, 0.3) is 0 Å². The molecule has 1 rings (SSSR count). The highest BCUT2D eigenvalue weighted by atomic mass is 127. The summed E-state index contributed by atoms with van der Waals surface area (Å²) in [6.07, 6.45) is 0. The summed E-state index contributed by atoms with van der Waals surface area (Å²) in [4.78, 5) is 0. The molecule has 1 aromatic rings. The Kier molecular flexibility index (Phi) is 6.46. The summed E-state index contributed by atoms with van der Waals surface area (Å²) in [7, 11) is 0. The first-order chi connectivity index (χ1) is 7.70. The van der Waals surface area contributed by atoms with Crippen LogP contribution in [0, 0.1) is 0 Å². The second-order valence-electron chi connectivity index (χ2n) is 3.73. The number of rotatable bonds is 7. The van der Waals surface area contributed by atoms with E-state index < -0.39 is 0 Å². The van der Waals surface area contributed by atoms with Gasteiger partial charge in [-0.2, -0.15) is 0 Å². The largest absolute Gasteiger partial charge is 0.491 e. The summed E-state index contributed by atoms with van der Waals surface area (Å²) in [6.45, 7) is 3.11. The van der Waals surface area contributed by atoms with Crippen LogP contribution < -0.4 is 4.74 Å². The number of halogens is 2. The zero-order chi connectivity index (χ0) is 11.9. The predicted molar refractivity (Wildman–Crippen MR) is 75.9 cm³/mol. The standard InChI is InChI=1S/C12H16ClIO2/c1-12(9-13,10-14)16-8-7-15-11-5-3-2-4-6-11/h2-6H,7-10H2,1H3. The highest BCUT2D eigenvalue weighted by Crippen LogP contribution is 2.16. The van der Waals surface area contributed by atoms with Gasteiger partial charge >= 0.3 is 0 Å². The summed E-state index contributed by atoms with van der Waals surface area (Å²) >= 11 is 8.11. The predicted octanol–water partition coefficient (Wildman–Crippen LogP) is 3.51. The van der Waals surface area contributed by atoms with Crippen LogP contribution >= 0.6 is 34.2 Å². The maximum absolute atomic E-state index is 5.83. The molecular weight excluding hydrogens is 338 g/mol. The number of benzene rings is 1. The van der Waals surface area contributed by atoms with Crippen LogP contribution in [0.4, 0.5) is 0 Å². The van der Waals surface area contributed by atoms with Gasteiger partial charge in [0.2, 0.25) is 0 Å². The second kappa shape index (κ2) is 7.35. The third kappa shape index (κ3) is 4.89. The molecule has 0 N–H and O–H groups in total. The molecule has 0 saturated heterocycles. The van der Waals surface area contributed by atoms with Crippen LogP contribution in [0.15, 0.2) is 30.3 Å². The molecule has 0 saturated carbocycles. The molecule has 0 aliphatic heterocycles. The first kappa shape index (κ1) is 14.1. The average molecular weight is 355 g/mol. The van der Waals surface area contributed by atoms with E-state index in [0.29, 0.717) is 19.1 Å². The van der Waals surface area contributed by atoms with Gasteiger partial charge in [0, 0.05) is 4.43 Å². The average Bonchev–Trinajstić information content (AvgIpc) is 2.36. The Labute approximate surface area is 115 Å². The highest BCUT2D eigenvalue weighted by molar-refractivity contribution is 14.1. The van der Waals surface area contributed by atoms with E-state index in [4.69, 9.17) is 21.1 Å². The number of hydrogen-bond donors (Lipinski definition) is 0. The second-order valence-corrected chi connectivity index (χ2v) is 4.76. The fraction of sp³-hybridized carbons (Fsp3) is 0.500. The van der Waals surface area contributed by atoms with Gasteiger partial charge < -0.3 is 9.47 Å². The van der Waals surface area contributed by atoms with E-state index in [0.717, 1.165) is 10.2 Å². The van der Waals surface area contributed by atoms with E-state index in [1.165, 1.54) is 0 Å². The van der Waals surface area contributed by atoms with Crippen LogP contribution in [0.2, 0.25) is 0 Å². The molecule has 0 spiro atoms. The summed E-state index contributed by atoms with van der Waals surface area (Å²) in [5, 5.41) is 0. The molecular formula is C12H16ClIO2. The normalized spacial score (nSPS) is 14.4. The lowest BCUT2D eigenvalue weighted by Gasteiger charge is -2.25. The number of alkyl halides is 2. The van der Waals surface area contributed by atoms with Crippen molar-refractivity contribution in [2.75, 3.05) is 23.5 Å². The van der Waals surface area contributed by atoms with Crippen LogP contribution in [-0.4, -0.2) is 29.1 Å². The smallest absolute Gasteiger partial charge is 0.119 e. The van der Waals surface area contributed by atoms with E-state index in [2.05, 4.69) is 22.6 Å². The van der Waals surface area contributed by atoms with Gasteiger partial charge in [0.15, 0.2) is 0 Å². The van der Waals surface area contributed by atoms with Gasteiger partial charge in [-0.3, -0.25) is 0 Å². The Bertz CT molecular complexity index is 288. The third-order valence-electron chi connectivity index (χ3n) is 2.11. The molecule has 1 atom stereocenters. The Balaban J connectivity index is 2.22. The molecule has 0 aliphatic carbocycles. The van der Waals surface area contributed by atoms with Crippen molar-refractivity contribution in [1.29, 1.82) is 0 Å². The minimum Gasteiger partial charge on any atom is -0.491 e. The van der Waals surface area contributed by atoms with Gasteiger partial charge in [0.25, 0.3) is 0 Å². The lowest BCUT2D eigenvalue weighted by molar-refractivity contribution is -0.00845. The fourth-order valence-electron chi connectivity index (χ4n) is 1.08. The molecule has 2 nitrogen and oxygen atoms in total. The third-order valence-corrected chi connectivity index (χ3v) is 4.29. The van der Waals surface area contributed by atoms with Gasteiger partial charge in [-0.1, -0.05) is 40.8 Å². The van der Waals surface area contributed by atoms with E-state index in [9.17, 15) is 0 Å². The van der Waals surface area contributed by atoms with Gasteiger partial charge in [0.05, 0.1) is 18.1 Å². The van der Waals surface area contributed by atoms with E-state index in [1.54, 1.807) is 0 Å². The van der Waals surface area contributed by atoms with Crippen molar-refractivity contribution in [3.8, 4) is 5.75 Å². The molecule has 0 bridgehead atoms. The summed E-state index contributed by atoms with van der Waals surface area (Å²) in [5.74, 6) is 1.37. The van der Waals surface area contributed by atoms with Gasteiger partial charge in [-0.25, -0.2) is 0 Å². The quantitative estimate of drug-likeness (QED) is 0.424. The molecule has 4 heteroatoms. The SMILES string of the molecule is CC(CCl)(CI)OCCOc1ccccc1. The Morgan fingerprint density at radius 3 is 2.50 bits per heavy atom. The van der Waals surface area contributed by atoms with Gasteiger partial charge in [-0.15, -0.1) is 11.6 Å². The molecule has 0 fully saturated rings. The summed E-state index contributed by atoms with van der Waals surface area (Å²) in [5.41, 5.74) is -0.248. The number of para-hydroxylation sites is 1. The molecule has 0 radical (unpaired) electrons. The van der Waals surface area contributed by atoms with Crippen LogP contribution in [0.3, 0.4) is 0 Å². The molecule has 1 aromatic carbocycles. The van der Waals surface area contributed by atoms with Crippen LogP contribution in [-0.2, 0) is 4.74 Å². The van der Waals surface area contributed by atoms with Crippen molar-refractivity contribution in [3.05, 3.63) is 30.3 Å². The van der Waals surface area contributed by atoms with E-state index >= 15 is 0 Å². The lowest BCUT2D eigenvalue weighted by Crippen LogP contribution is -2.34. The molecule has 90 valence electrons. The van der Waals surface area contributed by atoms with Crippen LogP contribution in [0.1, 0.15) is 6.92 Å². The molecule has 0 amide bonds. The van der Waals surface area contributed by atoms with Crippen molar-refractivity contribution >= 4 is 34.2 Å². The zero-order valence-corrected chi connectivity index (χ0v) is 12.2. The Morgan fingerprint density at radius 2 is 1.94 bits per heavy atom. The molecule has 0 aromatic heterocycles. The lowest BCUT2D eigenvalue weighted by atomic mass is 10.2. The maximum Gasteiger partial charge on any atom is 0.119 e. The van der Waals surface area contributed by atoms with Crippen molar-refractivity contribution in [1.82, 2.24) is 0 Å². The molecule has 16 heavy (non-hydrogen) atoms. The summed E-state index contributed by atoms with van der Waals surface area (Å²) in [6, 6.07) is 9.72. The first-order valence-electron chi connectivity index (χ1n) is 5.14. The van der Waals surface area contributed by atoms with Crippen molar-refractivity contribution < 1.29 is 9.47 Å².